The van der Waals surface area contributed by atoms with E-state index in [0.29, 0.717) is 6.54 Å². The summed E-state index contributed by atoms with van der Waals surface area (Å²) in [5, 5.41) is 2.98. The number of likely N-dealkylation sites (tertiary alicyclic amines) is 1. The van der Waals surface area contributed by atoms with Gasteiger partial charge in [0.15, 0.2) is 0 Å². The molecule has 6 heteroatoms. The van der Waals surface area contributed by atoms with Gasteiger partial charge in [-0.25, -0.2) is 0 Å². The Morgan fingerprint density at radius 3 is 2.77 bits per heavy atom. The van der Waals surface area contributed by atoms with Gasteiger partial charge in [-0.2, -0.15) is 0 Å². The molecule has 1 heterocycles. The van der Waals surface area contributed by atoms with Gasteiger partial charge in [0, 0.05) is 22.1 Å². The van der Waals surface area contributed by atoms with Crippen molar-refractivity contribution in [2.45, 2.75) is 18.9 Å². The number of carbonyl (C=O) groups is 1. The molecular formula is C20H23BrN2O3. The second-order valence-electron chi connectivity index (χ2n) is 6.26. The molecular weight excluding hydrogens is 396 g/mol. The standard InChI is InChI=1S/C20H23BrN2O3/c1-25-14-9-10-15(19(12-14)26-2)18-8-5-11-23(18)13-20(24)22-17-7-4-3-6-16(17)21/h3-4,6-7,9-10,12,18H,5,8,11,13H2,1-2H3,(H,22,24)/t18-/m0/s1. The molecule has 0 aliphatic carbocycles. The van der Waals surface area contributed by atoms with Crippen LogP contribution in [0, 0.1) is 0 Å². The summed E-state index contributed by atoms with van der Waals surface area (Å²) in [6.45, 7) is 1.24. The highest BCUT2D eigenvalue weighted by Crippen LogP contribution is 2.38. The fourth-order valence-corrected chi connectivity index (χ4v) is 3.78. The number of nitrogens with one attached hydrogen (secondary N) is 1. The second kappa shape index (κ2) is 8.56. The number of para-hydroxylation sites is 1. The Hall–Kier alpha value is -2.05. The molecule has 1 aliphatic heterocycles. The van der Waals surface area contributed by atoms with Gasteiger partial charge in [0.2, 0.25) is 5.91 Å². The monoisotopic (exact) mass is 418 g/mol. The maximum absolute atomic E-state index is 12.5. The summed E-state index contributed by atoms with van der Waals surface area (Å²) >= 11 is 3.46. The van der Waals surface area contributed by atoms with Crippen LogP contribution in [-0.2, 0) is 4.79 Å². The van der Waals surface area contributed by atoms with E-state index in [1.165, 1.54) is 0 Å². The molecule has 0 aromatic heterocycles. The van der Waals surface area contributed by atoms with Crippen molar-refractivity contribution in [3.63, 3.8) is 0 Å². The number of amides is 1. The van der Waals surface area contributed by atoms with Gasteiger partial charge in [0.05, 0.1) is 26.5 Å². The minimum atomic E-state index is -0.0173. The van der Waals surface area contributed by atoms with Crippen LogP contribution < -0.4 is 14.8 Å². The van der Waals surface area contributed by atoms with E-state index in [1.807, 2.05) is 42.5 Å². The molecule has 0 bridgehead atoms. The van der Waals surface area contributed by atoms with E-state index in [2.05, 4.69) is 26.1 Å². The van der Waals surface area contributed by atoms with Crippen LogP contribution in [-0.4, -0.2) is 38.1 Å². The van der Waals surface area contributed by atoms with Crippen LogP contribution >= 0.6 is 15.9 Å². The Bertz CT molecular complexity index is 781. The number of nitrogens with zero attached hydrogens (tertiary/aromatic N) is 1. The van der Waals surface area contributed by atoms with E-state index in [9.17, 15) is 4.79 Å². The van der Waals surface area contributed by atoms with Gasteiger partial charge in [0.1, 0.15) is 11.5 Å². The predicted octanol–water partition coefficient (Wildman–Crippen LogP) is 4.24. The average molecular weight is 419 g/mol. The number of halogens is 1. The number of methoxy groups -OCH3 is 2. The van der Waals surface area contributed by atoms with Crippen LogP contribution in [0.15, 0.2) is 46.9 Å². The first-order valence-electron chi connectivity index (χ1n) is 8.62. The summed E-state index contributed by atoms with van der Waals surface area (Å²) in [6, 6.07) is 13.7. The van der Waals surface area contributed by atoms with E-state index in [0.717, 1.165) is 46.6 Å². The third kappa shape index (κ3) is 4.19. The Kier molecular flexibility index (Phi) is 6.16. The Labute approximate surface area is 162 Å². The summed E-state index contributed by atoms with van der Waals surface area (Å²) in [6.07, 6.45) is 2.06. The van der Waals surface area contributed by atoms with Crippen molar-refractivity contribution in [1.29, 1.82) is 0 Å². The lowest BCUT2D eigenvalue weighted by atomic mass is 10.0. The van der Waals surface area contributed by atoms with E-state index in [-0.39, 0.29) is 11.9 Å². The first-order chi connectivity index (χ1) is 12.6. The van der Waals surface area contributed by atoms with Gasteiger partial charge in [0.25, 0.3) is 0 Å². The van der Waals surface area contributed by atoms with Crippen LogP contribution in [0.2, 0.25) is 0 Å². The zero-order chi connectivity index (χ0) is 18.5. The van der Waals surface area contributed by atoms with E-state index < -0.39 is 0 Å². The number of hydrogen-bond donors (Lipinski definition) is 1. The zero-order valence-electron chi connectivity index (χ0n) is 15.0. The molecule has 1 fully saturated rings. The van der Waals surface area contributed by atoms with Crippen molar-refractivity contribution in [1.82, 2.24) is 4.90 Å². The molecule has 2 aromatic rings. The lowest BCUT2D eigenvalue weighted by Crippen LogP contribution is -2.33. The SMILES string of the molecule is COc1ccc([C@@H]2CCCN2CC(=O)Nc2ccccc2Br)c(OC)c1. The third-order valence-electron chi connectivity index (χ3n) is 4.66. The van der Waals surface area contributed by atoms with Gasteiger partial charge < -0.3 is 14.8 Å². The molecule has 0 saturated carbocycles. The van der Waals surface area contributed by atoms with Crippen molar-refractivity contribution in [2.75, 3.05) is 32.6 Å². The molecule has 1 saturated heterocycles. The van der Waals surface area contributed by atoms with Gasteiger partial charge in [-0.15, -0.1) is 0 Å². The maximum atomic E-state index is 12.5. The predicted molar refractivity (Wildman–Crippen MR) is 106 cm³/mol. The molecule has 0 radical (unpaired) electrons. The maximum Gasteiger partial charge on any atom is 0.238 e. The smallest absolute Gasteiger partial charge is 0.238 e. The zero-order valence-corrected chi connectivity index (χ0v) is 16.6. The Morgan fingerprint density at radius 1 is 1.23 bits per heavy atom. The van der Waals surface area contributed by atoms with Gasteiger partial charge in [-0.3, -0.25) is 9.69 Å². The summed E-state index contributed by atoms with van der Waals surface area (Å²) in [5.41, 5.74) is 1.88. The summed E-state index contributed by atoms with van der Waals surface area (Å²) in [4.78, 5) is 14.7. The first kappa shape index (κ1) is 18.7. The van der Waals surface area contributed by atoms with Crippen LogP contribution in [0.1, 0.15) is 24.4 Å². The summed E-state index contributed by atoms with van der Waals surface area (Å²) < 4.78 is 11.7. The van der Waals surface area contributed by atoms with Crippen molar-refractivity contribution < 1.29 is 14.3 Å². The largest absolute Gasteiger partial charge is 0.497 e. The van der Waals surface area contributed by atoms with Crippen LogP contribution in [0.5, 0.6) is 11.5 Å². The fourth-order valence-electron chi connectivity index (χ4n) is 3.40. The summed E-state index contributed by atoms with van der Waals surface area (Å²) in [7, 11) is 3.31. The normalized spacial score (nSPS) is 17.1. The van der Waals surface area contributed by atoms with Crippen molar-refractivity contribution >= 4 is 27.5 Å². The molecule has 1 N–H and O–H groups in total. The molecule has 1 aliphatic rings. The molecule has 3 rings (SSSR count). The molecule has 2 aromatic carbocycles. The van der Waals surface area contributed by atoms with E-state index in [1.54, 1.807) is 14.2 Å². The molecule has 5 nitrogen and oxygen atoms in total. The number of anilines is 1. The lowest BCUT2D eigenvalue weighted by molar-refractivity contribution is -0.117. The van der Waals surface area contributed by atoms with Crippen LogP contribution in [0.3, 0.4) is 0 Å². The van der Waals surface area contributed by atoms with Crippen molar-refractivity contribution in [3.8, 4) is 11.5 Å². The van der Waals surface area contributed by atoms with Crippen LogP contribution in [0.4, 0.5) is 5.69 Å². The number of rotatable bonds is 6. The van der Waals surface area contributed by atoms with Gasteiger partial charge in [-0.05, 0) is 53.5 Å². The van der Waals surface area contributed by atoms with Crippen LogP contribution in [0.25, 0.3) is 0 Å². The highest BCUT2D eigenvalue weighted by molar-refractivity contribution is 9.10. The average Bonchev–Trinajstić information content (AvgIpc) is 3.10. The van der Waals surface area contributed by atoms with Crippen molar-refractivity contribution in [2.24, 2.45) is 0 Å². The highest BCUT2D eigenvalue weighted by Gasteiger charge is 2.30. The molecule has 0 spiro atoms. The minimum Gasteiger partial charge on any atom is -0.497 e. The first-order valence-corrected chi connectivity index (χ1v) is 9.42. The molecule has 1 atom stereocenters. The topological polar surface area (TPSA) is 50.8 Å². The molecule has 1 amide bonds. The van der Waals surface area contributed by atoms with Gasteiger partial charge >= 0.3 is 0 Å². The van der Waals surface area contributed by atoms with Gasteiger partial charge in [-0.1, -0.05) is 18.2 Å². The number of benzene rings is 2. The third-order valence-corrected chi connectivity index (χ3v) is 5.35. The summed E-state index contributed by atoms with van der Waals surface area (Å²) in [5.74, 6) is 1.55. The van der Waals surface area contributed by atoms with Crippen molar-refractivity contribution in [3.05, 3.63) is 52.5 Å². The fraction of sp³-hybridized carbons (Fsp3) is 0.350. The quantitative estimate of drug-likeness (QED) is 0.761. The number of carbonyl (C=O) groups excluding carboxylic acids is 1. The minimum absolute atomic E-state index is 0.0173. The molecule has 138 valence electrons. The Morgan fingerprint density at radius 2 is 2.04 bits per heavy atom. The highest BCUT2D eigenvalue weighted by atomic mass is 79.9. The molecule has 26 heavy (non-hydrogen) atoms. The van der Waals surface area contributed by atoms with E-state index in [4.69, 9.17) is 9.47 Å². The lowest BCUT2D eigenvalue weighted by Gasteiger charge is -2.26. The number of hydrogen-bond acceptors (Lipinski definition) is 4. The van der Waals surface area contributed by atoms with E-state index >= 15 is 0 Å². The Balaban J connectivity index is 1.72. The molecule has 0 unspecified atom stereocenters. The second-order valence-corrected chi connectivity index (χ2v) is 7.12. The number of ether oxygens (including phenoxy) is 2.